The van der Waals surface area contributed by atoms with Gasteiger partial charge in [0.2, 0.25) is 5.91 Å². The minimum atomic E-state index is -0.00417. The zero-order chi connectivity index (χ0) is 8.69. The fourth-order valence-electron chi connectivity index (χ4n) is 0.686. The van der Waals surface area contributed by atoms with E-state index in [1.165, 1.54) is 0 Å². The van der Waals surface area contributed by atoms with Crippen molar-refractivity contribution in [1.82, 2.24) is 5.32 Å². The van der Waals surface area contributed by atoms with Gasteiger partial charge in [-0.2, -0.15) is 0 Å². The van der Waals surface area contributed by atoms with E-state index >= 15 is 0 Å². The molecule has 0 saturated carbocycles. The average Bonchev–Trinajstić information content (AvgIpc) is 2.01. The molecule has 0 bridgehead atoms. The van der Waals surface area contributed by atoms with E-state index in [2.05, 4.69) is 5.32 Å². The Morgan fingerprint density at radius 2 is 2.27 bits per heavy atom. The number of carbonyl (C=O) groups is 1. The predicted molar refractivity (Wildman–Crippen MR) is 44.9 cm³/mol. The summed E-state index contributed by atoms with van der Waals surface area (Å²) in [6.45, 7) is 2.91. The third-order valence-corrected chi connectivity index (χ3v) is 1.42. The van der Waals surface area contributed by atoms with E-state index in [4.69, 9.17) is 11.5 Å². The second kappa shape index (κ2) is 6.12. The Kier molecular flexibility index (Phi) is 5.78. The summed E-state index contributed by atoms with van der Waals surface area (Å²) in [5.41, 5.74) is 10.9. The summed E-state index contributed by atoms with van der Waals surface area (Å²) >= 11 is 0. The maximum absolute atomic E-state index is 10.7. The first-order valence-electron chi connectivity index (χ1n) is 3.93. The zero-order valence-electron chi connectivity index (χ0n) is 6.97. The first-order chi connectivity index (χ1) is 5.20. The Labute approximate surface area is 67.3 Å². The van der Waals surface area contributed by atoms with E-state index in [0.29, 0.717) is 19.5 Å². The van der Waals surface area contributed by atoms with Gasteiger partial charge in [-0.1, -0.05) is 6.92 Å². The van der Waals surface area contributed by atoms with Crippen LogP contribution in [0.15, 0.2) is 0 Å². The number of rotatable bonds is 5. The van der Waals surface area contributed by atoms with Crippen molar-refractivity contribution in [1.29, 1.82) is 0 Å². The van der Waals surface area contributed by atoms with Gasteiger partial charge in [-0.25, -0.2) is 0 Å². The van der Waals surface area contributed by atoms with E-state index in [1.54, 1.807) is 0 Å². The van der Waals surface area contributed by atoms with E-state index < -0.39 is 0 Å². The van der Waals surface area contributed by atoms with Crippen molar-refractivity contribution in [3.63, 3.8) is 0 Å². The third-order valence-electron chi connectivity index (χ3n) is 1.42. The highest BCUT2D eigenvalue weighted by atomic mass is 16.1. The maximum Gasteiger partial charge on any atom is 0.219 e. The molecule has 0 fully saturated rings. The molecule has 0 aromatic rings. The van der Waals surface area contributed by atoms with Crippen molar-refractivity contribution >= 4 is 5.91 Å². The van der Waals surface area contributed by atoms with Crippen LogP contribution in [-0.2, 0) is 4.79 Å². The van der Waals surface area contributed by atoms with Crippen LogP contribution in [0.1, 0.15) is 19.8 Å². The van der Waals surface area contributed by atoms with Gasteiger partial charge in [0.25, 0.3) is 0 Å². The Morgan fingerprint density at radius 1 is 1.64 bits per heavy atom. The van der Waals surface area contributed by atoms with Gasteiger partial charge in [-0.3, -0.25) is 4.79 Å². The highest BCUT2D eigenvalue weighted by Crippen LogP contribution is 1.83. The number of nitrogens with two attached hydrogens (primary N) is 2. The normalized spacial score (nSPS) is 12.6. The number of nitrogens with one attached hydrogen (secondary N) is 1. The second-order valence-corrected chi connectivity index (χ2v) is 2.50. The molecule has 0 spiro atoms. The Hall–Kier alpha value is -0.610. The fourth-order valence-corrected chi connectivity index (χ4v) is 0.686. The van der Waals surface area contributed by atoms with Crippen molar-refractivity contribution in [2.45, 2.75) is 25.8 Å². The van der Waals surface area contributed by atoms with Crippen LogP contribution in [0.2, 0.25) is 0 Å². The highest BCUT2D eigenvalue weighted by Gasteiger charge is 2.02. The van der Waals surface area contributed by atoms with Gasteiger partial charge in [-0.05, 0) is 13.0 Å². The fraction of sp³-hybridized carbons (Fsp3) is 0.857. The predicted octanol–water partition coefficient (Wildman–Crippen LogP) is -0.811. The summed E-state index contributed by atoms with van der Waals surface area (Å²) in [7, 11) is 0. The standard InChI is InChI=1S/C7H17N3O/c1-2-7(11)10-5-6(9)3-4-8/h6H,2-5,8-9H2,1H3,(H,10,11)/t6-/m0/s1. The van der Waals surface area contributed by atoms with Crippen molar-refractivity contribution in [2.75, 3.05) is 13.1 Å². The second-order valence-electron chi connectivity index (χ2n) is 2.50. The number of amides is 1. The molecule has 11 heavy (non-hydrogen) atoms. The third kappa shape index (κ3) is 5.82. The maximum atomic E-state index is 10.7. The van der Waals surface area contributed by atoms with E-state index in [0.717, 1.165) is 6.42 Å². The Morgan fingerprint density at radius 3 is 2.73 bits per heavy atom. The van der Waals surface area contributed by atoms with Crippen LogP contribution in [0.3, 0.4) is 0 Å². The molecule has 0 rings (SSSR count). The van der Waals surface area contributed by atoms with Gasteiger partial charge < -0.3 is 16.8 Å². The zero-order valence-corrected chi connectivity index (χ0v) is 6.97. The molecule has 1 amide bonds. The molecule has 0 radical (unpaired) electrons. The van der Waals surface area contributed by atoms with Gasteiger partial charge in [0.05, 0.1) is 0 Å². The lowest BCUT2D eigenvalue weighted by atomic mass is 10.2. The summed E-state index contributed by atoms with van der Waals surface area (Å²) in [4.78, 5) is 10.7. The smallest absolute Gasteiger partial charge is 0.219 e. The van der Waals surface area contributed by atoms with Crippen molar-refractivity contribution in [3.05, 3.63) is 0 Å². The summed E-state index contributed by atoms with van der Waals surface area (Å²) in [6, 6.07) is -0.00417. The largest absolute Gasteiger partial charge is 0.355 e. The van der Waals surface area contributed by atoms with Crippen molar-refractivity contribution in [2.24, 2.45) is 11.5 Å². The monoisotopic (exact) mass is 159 g/mol. The molecule has 0 aliphatic rings. The lowest BCUT2D eigenvalue weighted by molar-refractivity contribution is -0.120. The summed E-state index contributed by atoms with van der Waals surface area (Å²) in [5, 5.41) is 2.70. The molecule has 0 aliphatic carbocycles. The van der Waals surface area contributed by atoms with Gasteiger partial charge in [-0.15, -0.1) is 0 Å². The molecule has 4 nitrogen and oxygen atoms in total. The van der Waals surface area contributed by atoms with E-state index in [-0.39, 0.29) is 11.9 Å². The van der Waals surface area contributed by atoms with Gasteiger partial charge in [0, 0.05) is 19.0 Å². The molecular weight excluding hydrogens is 142 g/mol. The van der Waals surface area contributed by atoms with Crippen LogP contribution < -0.4 is 16.8 Å². The van der Waals surface area contributed by atoms with Crippen LogP contribution in [0.5, 0.6) is 0 Å². The van der Waals surface area contributed by atoms with Gasteiger partial charge in [0.15, 0.2) is 0 Å². The van der Waals surface area contributed by atoms with Crippen LogP contribution in [0.25, 0.3) is 0 Å². The SMILES string of the molecule is CCC(=O)NC[C@@H](N)CCN. The first-order valence-corrected chi connectivity index (χ1v) is 3.93. The topological polar surface area (TPSA) is 81.1 Å². The van der Waals surface area contributed by atoms with Crippen LogP contribution in [0, 0.1) is 0 Å². The quantitative estimate of drug-likeness (QED) is 0.490. The van der Waals surface area contributed by atoms with E-state index in [9.17, 15) is 4.79 Å². The molecule has 0 aromatic heterocycles. The summed E-state index contributed by atoms with van der Waals surface area (Å²) in [6.07, 6.45) is 1.26. The minimum absolute atomic E-state index is 0.00417. The molecule has 1 atom stereocenters. The molecule has 0 saturated heterocycles. The number of hydrogen-bond donors (Lipinski definition) is 3. The van der Waals surface area contributed by atoms with E-state index in [1.807, 2.05) is 6.92 Å². The summed E-state index contributed by atoms with van der Waals surface area (Å²) < 4.78 is 0. The van der Waals surface area contributed by atoms with Crippen molar-refractivity contribution < 1.29 is 4.79 Å². The first kappa shape index (κ1) is 10.4. The van der Waals surface area contributed by atoms with Gasteiger partial charge >= 0.3 is 0 Å². The molecule has 0 aliphatic heterocycles. The number of hydrogen-bond acceptors (Lipinski definition) is 3. The number of carbonyl (C=O) groups excluding carboxylic acids is 1. The Bertz CT molecular complexity index is 116. The van der Waals surface area contributed by atoms with Crippen LogP contribution >= 0.6 is 0 Å². The van der Waals surface area contributed by atoms with Crippen LogP contribution in [0.4, 0.5) is 0 Å². The molecule has 0 unspecified atom stereocenters. The highest BCUT2D eigenvalue weighted by molar-refractivity contribution is 5.75. The molecule has 0 heterocycles. The average molecular weight is 159 g/mol. The van der Waals surface area contributed by atoms with Crippen LogP contribution in [-0.4, -0.2) is 25.0 Å². The Balaban J connectivity index is 3.29. The van der Waals surface area contributed by atoms with Gasteiger partial charge in [0.1, 0.15) is 0 Å². The molecular formula is C7H17N3O. The lowest BCUT2D eigenvalue weighted by Crippen LogP contribution is -2.38. The summed E-state index contributed by atoms with van der Waals surface area (Å²) in [5.74, 6) is 0.0393. The molecule has 5 N–H and O–H groups in total. The lowest BCUT2D eigenvalue weighted by Gasteiger charge is -2.10. The molecule has 0 aromatic carbocycles. The molecule has 4 heteroatoms. The minimum Gasteiger partial charge on any atom is -0.355 e. The molecule has 66 valence electrons. The van der Waals surface area contributed by atoms with Crippen molar-refractivity contribution in [3.8, 4) is 0 Å².